The van der Waals surface area contributed by atoms with Crippen LogP contribution in [0.2, 0.25) is 0 Å². The van der Waals surface area contributed by atoms with Crippen LogP contribution in [0, 0.1) is 5.82 Å². The summed E-state index contributed by atoms with van der Waals surface area (Å²) in [6, 6.07) is 3.13. The Morgan fingerprint density at radius 3 is 2.62 bits per heavy atom. The number of halogens is 1. The van der Waals surface area contributed by atoms with Crippen LogP contribution >= 0.6 is 0 Å². The van der Waals surface area contributed by atoms with Crippen LogP contribution in [0.5, 0.6) is 5.75 Å². The predicted octanol–water partition coefficient (Wildman–Crippen LogP) is 1.15. The second-order valence-electron chi connectivity index (χ2n) is 4.68. The number of aromatic carboxylic acids is 1. The number of hydrogen-bond acceptors (Lipinski definition) is 4. The third kappa shape index (κ3) is 3.91. The predicted molar refractivity (Wildman–Crippen MR) is 70.8 cm³/mol. The van der Waals surface area contributed by atoms with Gasteiger partial charge in [-0.15, -0.1) is 0 Å². The highest BCUT2D eigenvalue weighted by Gasteiger charge is 2.24. The Kier molecular flexibility index (Phi) is 4.74. The normalized spacial score (nSPS) is 16.4. The SMILES string of the molecule is CC(Oc1cc(F)cc(C(=O)O)c1)C(=O)N1CCOCC1. The summed E-state index contributed by atoms with van der Waals surface area (Å²) < 4.78 is 23.9. The zero-order valence-corrected chi connectivity index (χ0v) is 11.5. The molecule has 0 saturated carbocycles. The lowest BCUT2D eigenvalue weighted by Crippen LogP contribution is -2.46. The summed E-state index contributed by atoms with van der Waals surface area (Å²) >= 11 is 0. The van der Waals surface area contributed by atoms with Gasteiger partial charge in [-0.2, -0.15) is 0 Å². The van der Waals surface area contributed by atoms with Gasteiger partial charge in [0.25, 0.3) is 5.91 Å². The van der Waals surface area contributed by atoms with Gasteiger partial charge in [-0.1, -0.05) is 0 Å². The Bertz CT molecular complexity index is 542. The smallest absolute Gasteiger partial charge is 0.335 e. The number of carboxylic acid groups (broad SMARTS) is 1. The molecule has 1 amide bonds. The molecule has 1 heterocycles. The topological polar surface area (TPSA) is 76.1 Å². The first kappa shape index (κ1) is 15.2. The van der Waals surface area contributed by atoms with E-state index in [4.69, 9.17) is 14.6 Å². The molecule has 7 heteroatoms. The molecule has 0 aromatic heterocycles. The van der Waals surface area contributed by atoms with Crippen LogP contribution in [0.4, 0.5) is 4.39 Å². The molecule has 21 heavy (non-hydrogen) atoms. The summed E-state index contributed by atoms with van der Waals surface area (Å²) in [6.45, 7) is 3.46. The molecular weight excluding hydrogens is 281 g/mol. The first-order valence-electron chi connectivity index (χ1n) is 6.54. The molecule has 6 nitrogen and oxygen atoms in total. The van der Waals surface area contributed by atoms with Crippen LogP contribution in [-0.4, -0.2) is 54.3 Å². The Balaban J connectivity index is 2.06. The van der Waals surface area contributed by atoms with Crippen molar-refractivity contribution in [2.24, 2.45) is 0 Å². The summed E-state index contributed by atoms with van der Waals surface area (Å²) in [5.74, 6) is -2.21. The number of morpholine rings is 1. The average molecular weight is 297 g/mol. The van der Waals surface area contributed by atoms with Crippen molar-refractivity contribution < 1.29 is 28.6 Å². The van der Waals surface area contributed by atoms with E-state index in [0.29, 0.717) is 26.3 Å². The van der Waals surface area contributed by atoms with E-state index in [9.17, 15) is 14.0 Å². The van der Waals surface area contributed by atoms with Gasteiger partial charge in [0.2, 0.25) is 0 Å². The summed E-state index contributed by atoms with van der Waals surface area (Å²) in [6.07, 6.45) is -0.827. The van der Waals surface area contributed by atoms with Crippen LogP contribution in [0.25, 0.3) is 0 Å². The van der Waals surface area contributed by atoms with Gasteiger partial charge in [-0.25, -0.2) is 9.18 Å². The molecule has 2 rings (SSSR count). The molecule has 1 aromatic carbocycles. The van der Waals surface area contributed by atoms with Gasteiger partial charge in [0.15, 0.2) is 6.10 Å². The molecule has 1 unspecified atom stereocenters. The minimum atomic E-state index is -1.26. The Labute approximate surface area is 121 Å². The van der Waals surface area contributed by atoms with E-state index in [-0.39, 0.29) is 17.2 Å². The third-order valence-electron chi connectivity index (χ3n) is 3.10. The van der Waals surface area contributed by atoms with Crippen molar-refractivity contribution in [1.82, 2.24) is 4.90 Å². The number of amides is 1. The van der Waals surface area contributed by atoms with E-state index >= 15 is 0 Å². The van der Waals surface area contributed by atoms with Crippen LogP contribution in [-0.2, 0) is 9.53 Å². The maximum absolute atomic E-state index is 13.3. The number of carboxylic acids is 1. The van der Waals surface area contributed by atoms with Crippen molar-refractivity contribution in [3.8, 4) is 5.75 Å². The molecule has 0 spiro atoms. The maximum atomic E-state index is 13.3. The van der Waals surface area contributed by atoms with Crippen molar-refractivity contribution in [2.45, 2.75) is 13.0 Å². The summed E-state index contributed by atoms with van der Waals surface area (Å²) in [7, 11) is 0. The first-order valence-corrected chi connectivity index (χ1v) is 6.54. The average Bonchev–Trinajstić information content (AvgIpc) is 2.46. The molecule has 1 fully saturated rings. The van der Waals surface area contributed by atoms with Crippen LogP contribution in [0.15, 0.2) is 18.2 Å². The number of ether oxygens (including phenoxy) is 2. The van der Waals surface area contributed by atoms with Crippen LogP contribution < -0.4 is 4.74 Å². The summed E-state index contributed by atoms with van der Waals surface area (Å²) in [4.78, 5) is 24.6. The standard InChI is InChI=1S/C14H16FNO5/c1-9(13(17)16-2-4-20-5-3-16)21-12-7-10(14(18)19)6-11(15)8-12/h6-9H,2-5H2,1H3,(H,18,19). The zero-order chi connectivity index (χ0) is 15.4. The molecule has 0 aliphatic carbocycles. The largest absolute Gasteiger partial charge is 0.481 e. The van der Waals surface area contributed by atoms with Crippen molar-refractivity contribution in [3.05, 3.63) is 29.6 Å². The monoisotopic (exact) mass is 297 g/mol. The fourth-order valence-electron chi connectivity index (χ4n) is 2.05. The molecule has 1 saturated heterocycles. The minimum Gasteiger partial charge on any atom is -0.481 e. The second-order valence-corrected chi connectivity index (χ2v) is 4.68. The lowest BCUT2D eigenvalue weighted by Gasteiger charge is -2.29. The number of benzene rings is 1. The van der Waals surface area contributed by atoms with E-state index in [2.05, 4.69) is 0 Å². The molecule has 1 aliphatic rings. The highest BCUT2D eigenvalue weighted by molar-refractivity contribution is 5.88. The highest BCUT2D eigenvalue weighted by atomic mass is 19.1. The number of hydrogen-bond donors (Lipinski definition) is 1. The molecule has 0 radical (unpaired) electrons. The van der Waals surface area contributed by atoms with Gasteiger partial charge in [0.05, 0.1) is 18.8 Å². The van der Waals surface area contributed by atoms with Crippen LogP contribution in [0.3, 0.4) is 0 Å². The second kappa shape index (κ2) is 6.53. The molecule has 1 N–H and O–H groups in total. The van der Waals surface area contributed by atoms with E-state index in [0.717, 1.165) is 12.1 Å². The Hall–Kier alpha value is -2.15. The molecule has 0 bridgehead atoms. The molecule has 1 aromatic rings. The van der Waals surface area contributed by atoms with Gasteiger partial charge in [-0.05, 0) is 19.1 Å². The molecule has 1 aliphatic heterocycles. The maximum Gasteiger partial charge on any atom is 0.335 e. The lowest BCUT2D eigenvalue weighted by atomic mass is 10.2. The van der Waals surface area contributed by atoms with Gasteiger partial charge < -0.3 is 19.5 Å². The first-order chi connectivity index (χ1) is 9.97. The highest BCUT2D eigenvalue weighted by Crippen LogP contribution is 2.18. The summed E-state index contributed by atoms with van der Waals surface area (Å²) in [5, 5.41) is 8.87. The van der Waals surface area contributed by atoms with E-state index in [1.54, 1.807) is 11.8 Å². The minimum absolute atomic E-state index is 0.0153. The third-order valence-corrected chi connectivity index (χ3v) is 3.10. The number of nitrogens with zero attached hydrogens (tertiary/aromatic N) is 1. The molecular formula is C14H16FNO5. The van der Waals surface area contributed by atoms with Crippen molar-refractivity contribution in [2.75, 3.05) is 26.3 Å². The van der Waals surface area contributed by atoms with Gasteiger partial charge in [-0.3, -0.25) is 4.79 Å². The number of rotatable bonds is 4. The van der Waals surface area contributed by atoms with Crippen molar-refractivity contribution in [3.63, 3.8) is 0 Å². The van der Waals surface area contributed by atoms with Crippen molar-refractivity contribution in [1.29, 1.82) is 0 Å². The summed E-state index contributed by atoms with van der Waals surface area (Å²) in [5.41, 5.74) is -0.226. The van der Waals surface area contributed by atoms with E-state index < -0.39 is 17.9 Å². The van der Waals surface area contributed by atoms with Crippen LogP contribution in [0.1, 0.15) is 17.3 Å². The fraction of sp³-hybridized carbons (Fsp3) is 0.429. The molecule has 1 atom stereocenters. The fourth-order valence-corrected chi connectivity index (χ4v) is 2.05. The number of carbonyl (C=O) groups excluding carboxylic acids is 1. The lowest BCUT2D eigenvalue weighted by molar-refractivity contribution is -0.142. The molecule has 114 valence electrons. The number of carbonyl (C=O) groups is 2. The van der Waals surface area contributed by atoms with E-state index in [1.807, 2.05) is 0 Å². The Morgan fingerprint density at radius 1 is 1.33 bits per heavy atom. The van der Waals surface area contributed by atoms with Gasteiger partial charge in [0.1, 0.15) is 11.6 Å². The van der Waals surface area contributed by atoms with Gasteiger partial charge >= 0.3 is 5.97 Å². The van der Waals surface area contributed by atoms with Gasteiger partial charge in [0, 0.05) is 19.2 Å². The Morgan fingerprint density at radius 2 is 2.00 bits per heavy atom. The van der Waals surface area contributed by atoms with Crippen molar-refractivity contribution >= 4 is 11.9 Å². The quantitative estimate of drug-likeness (QED) is 0.902. The zero-order valence-electron chi connectivity index (χ0n) is 11.5. The van der Waals surface area contributed by atoms with E-state index in [1.165, 1.54) is 6.07 Å².